The van der Waals surface area contributed by atoms with Crippen LogP contribution in [0.2, 0.25) is 0 Å². The van der Waals surface area contributed by atoms with Crippen molar-refractivity contribution in [3.05, 3.63) is 22.9 Å². The van der Waals surface area contributed by atoms with E-state index in [9.17, 15) is 0 Å². The zero-order valence-electron chi connectivity index (χ0n) is 7.83. The lowest BCUT2D eigenvalue weighted by Crippen LogP contribution is -1.73. The van der Waals surface area contributed by atoms with Crippen molar-refractivity contribution < 1.29 is 4.74 Å². The van der Waals surface area contributed by atoms with E-state index in [1.54, 1.807) is 18.4 Å². The molecule has 0 fully saturated rings. The van der Waals surface area contributed by atoms with Crippen LogP contribution >= 0.6 is 11.3 Å². The highest BCUT2D eigenvalue weighted by Crippen LogP contribution is 1.91. The van der Waals surface area contributed by atoms with E-state index in [4.69, 9.17) is 0 Å². The highest BCUT2D eigenvalue weighted by Gasteiger charge is 1.58. The smallest absolute Gasteiger partial charge is 0.0433 e. The molecule has 0 aromatic carbocycles. The van der Waals surface area contributed by atoms with E-state index in [-0.39, 0.29) is 0 Å². The van der Waals surface area contributed by atoms with Crippen molar-refractivity contribution in [3.63, 3.8) is 0 Å². The molecule has 0 saturated carbocycles. The van der Waals surface area contributed by atoms with Crippen LogP contribution < -0.4 is 0 Å². The van der Waals surface area contributed by atoms with Gasteiger partial charge in [-0.05, 0) is 17.7 Å². The third-order valence-electron chi connectivity index (χ3n) is 0.714. The van der Waals surface area contributed by atoms with Gasteiger partial charge in [-0.15, -0.1) is 0 Å². The summed E-state index contributed by atoms with van der Waals surface area (Å²) in [5, 5.41) is 4.08. The summed E-state index contributed by atoms with van der Waals surface area (Å²) in [6, 6.07) is 4.04. The monoisotopic (exact) mass is 174 g/mol. The minimum atomic E-state index is 0.819. The summed E-state index contributed by atoms with van der Waals surface area (Å²) >= 11 is 1.71. The van der Waals surface area contributed by atoms with Crippen LogP contribution in [0.15, 0.2) is 22.9 Å². The Balaban J connectivity index is 0. The van der Waals surface area contributed by atoms with Crippen molar-refractivity contribution in [2.75, 3.05) is 13.7 Å². The Morgan fingerprint density at radius 2 is 1.55 bits per heavy atom. The van der Waals surface area contributed by atoms with Gasteiger partial charge in [0.15, 0.2) is 0 Å². The van der Waals surface area contributed by atoms with E-state index in [0.717, 1.165) is 6.61 Å². The van der Waals surface area contributed by atoms with E-state index in [2.05, 4.69) is 4.74 Å². The summed E-state index contributed by atoms with van der Waals surface area (Å²) in [6.07, 6.45) is 0. The van der Waals surface area contributed by atoms with Crippen LogP contribution in [0.25, 0.3) is 0 Å². The fourth-order valence-corrected chi connectivity index (χ4v) is 0.680. The molecule has 0 aliphatic rings. The van der Waals surface area contributed by atoms with Crippen LogP contribution in [0.1, 0.15) is 20.8 Å². The average molecular weight is 174 g/mol. The molecule has 0 unspecified atom stereocenters. The van der Waals surface area contributed by atoms with Crippen LogP contribution in [0.5, 0.6) is 0 Å². The number of hydrogen-bond acceptors (Lipinski definition) is 2. The maximum Gasteiger partial charge on any atom is 0.0433 e. The van der Waals surface area contributed by atoms with Crippen molar-refractivity contribution in [3.8, 4) is 0 Å². The van der Waals surface area contributed by atoms with Gasteiger partial charge in [-0.1, -0.05) is 26.0 Å². The van der Waals surface area contributed by atoms with Crippen molar-refractivity contribution >= 4 is 11.3 Å². The SMILES string of the molecule is CC.CCOC.c1ccsc1. The average Bonchev–Trinajstić information content (AvgIpc) is 2.65. The summed E-state index contributed by atoms with van der Waals surface area (Å²) in [6.45, 7) is 6.78. The molecule has 0 radical (unpaired) electrons. The van der Waals surface area contributed by atoms with Crippen LogP contribution in [0, 0.1) is 0 Å². The first-order valence-electron chi connectivity index (χ1n) is 3.88. The lowest BCUT2D eigenvalue weighted by molar-refractivity contribution is 0.215. The van der Waals surface area contributed by atoms with Crippen molar-refractivity contribution in [1.82, 2.24) is 0 Å². The van der Waals surface area contributed by atoms with Crippen molar-refractivity contribution in [2.45, 2.75) is 20.8 Å². The first-order chi connectivity index (χ1) is 5.41. The first-order valence-corrected chi connectivity index (χ1v) is 4.82. The van der Waals surface area contributed by atoms with Gasteiger partial charge in [-0.3, -0.25) is 0 Å². The van der Waals surface area contributed by atoms with Crippen LogP contribution in [-0.4, -0.2) is 13.7 Å². The Hall–Kier alpha value is -0.340. The minimum Gasteiger partial charge on any atom is -0.385 e. The normalized spacial score (nSPS) is 6.91. The Kier molecular flexibility index (Phi) is 19.7. The lowest BCUT2D eigenvalue weighted by Gasteiger charge is -1.76. The molecule has 0 bridgehead atoms. The summed E-state index contributed by atoms with van der Waals surface area (Å²) in [5.41, 5.74) is 0. The molecule has 1 aromatic rings. The molecule has 11 heavy (non-hydrogen) atoms. The lowest BCUT2D eigenvalue weighted by atomic mass is 10.7. The highest BCUT2D eigenvalue weighted by molar-refractivity contribution is 7.07. The third kappa shape index (κ3) is 17.7. The van der Waals surface area contributed by atoms with E-state index < -0.39 is 0 Å². The summed E-state index contributed by atoms with van der Waals surface area (Å²) in [5.74, 6) is 0. The largest absolute Gasteiger partial charge is 0.385 e. The van der Waals surface area contributed by atoms with Crippen LogP contribution in [-0.2, 0) is 4.74 Å². The summed E-state index contributed by atoms with van der Waals surface area (Å²) < 4.78 is 4.54. The molecule has 0 N–H and O–H groups in total. The molecule has 0 saturated heterocycles. The predicted molar refractivity (Wildman–Crippen MR) is 53.2 cm³/mol. The standard InChI is InChI=1S/C4H4S.C3H8O.C2H6/c1-2-4-5-3-1;1-3-4-2;1-2/h1-4H;3H2,1-2H3;1-2H3. The van der Waals surface area contributed by atoms with Gasteiger partial charge in [0.25, 0.3) is 0 Å². The Morgan fingerprint density at radius 3 is 1.64 bits per heavy atom. The van der Waals surface area contributed by atoms with E-state index in [1.807, 2.05) is 43.7 Å². The molecule has 1 heterocycles. The van der Waals surface area contributed by atoms with Crippen molar-refractivity contribution in [1.29, 1.82) is 0 Å². The van der Waals surface area contributed by atoms with Gasteiger partial charge in [-0.2, -0.15) is 11.3 Å². The molecular formula is C9H18OS. The van der Waals surface area contributed by atoms with Gasteiger partial charge < -0.3 is 4.74 Å². The van der Waals surface area contributed by atoms with Gasteiger partial charge in [0.1, 0.15) is 0 Å². The molecular weight excluding hydrogens is 156 g/mol. The van der Waals surface area contributed by atoms with E-state index in [0.29, 0.717) is 0 Å². The molecule has 0 aliphatic carbocycles. The van der Waals surface area contributed by atoms with Gasteiger partial charge >= 0.3 is 0 Å². The number of methoxy groups -OCH3 is 1. The molecule has 0 atom stereocenters. The topological polar surface area (TPSA) is 9.23 Å². The minimum absolute atomic E-state index is 0.819. The number of thiophene rings is 1. The van der Waals surface area contributed by atoms with E-state index >= 15 is 0 Å². The summed E-state index contributed by atoms with van der Waals surface area (Å²) in [7, 11) is 1.68. The van der Waals surface area contributed by atoms with Crippen LogP contribution in [0.3, 0.4) is 0 Å². The van der Waals surface area contributed by atoms with Crippen LogP contribution in [0.4, 0.5) is 0 Å². The number of hydrogen-bond donors (Lipinski definition) is 0. The zero-order chi connectivity index (χ0) is 8.95. The van der Waals surface area contributed by atoms with Gasteiger partial charge in [0, 0.05) is 13.7 Å². The van der Waals surface area contributed by atoms with Gasteiger partial charge in [0.05, 0.1) is 0 Å². The maximum absolute atomic E-state index is 4.54. The fourth-order valence-electron chi connectivity index (χ4n) is 0.227. The van der Waals surface area contributed by atoms with Gasteiger partial charge in [-0.25, -0.2) is 0 Å². The second-order valence-electron chi connectivity index (χ2n) is 1.37. The third-order valence-corrected chi connectivity index (χ3v) is 1.34. The molecule has 66 valence electrons. The molecule has 1 rings (SSSR count). The number of rotatable bonds is 1. The fraction of sp³-hybridized carbons (Fsp3) is 0.556. The molecule has 0 aliphatic heterocycles. The second kappa shape index (κ2) is 16.3. The Morgan fingerprint density at radius 1 is 1.18 bits per heavy atom. The summed E-state index contributed by atoms with van der Waals surface area (Å²) in [4.78, 5) is 0. The second-order valence-corrected chi connectivity index (χ2v) is 2.19. The first kappa shape index (κ1) is 13.3. The molecule has 0 spiro atoms. The molecule has 2 heteroatoms. The molecule has 1 aromatic heterocycles. The Labute approximate surface area is 74.0 Å². The quantitative estimate of drug-likeness (QED) is 0.634. The molecule has 0 amide bonds. The van der Waals surface area contributed by atoms with E-state index in [1.165, 1.54) is 0 Å². The maximum atomic E-state index is 4.54. The Bertz CT molecular complexity index is 85.1. The zero-order valence-corrected chi connectivity index (χ0v) is 8.65. The van der Waals surface area contributed by atoms with Gasteiger partial charge in [0.2, 0.25) is 0 Å². The highest BCUT2D eigenvalue weighted by atomic mass is 32.1. The number of ether oxygens (including phenoxy) is 1. The van der Waals surface area contributed by atoms with Crippen molar-refractivity contribution in [2.24, 2.45) is 0 Å². The predicted octanol–water partition coefficient (Wildman–Crippen LogP) is 3.43. The molecule has 1 nitrogen and oxygen atoms in total.